The van der Waals surface area contributed by atoms with Crippen molar-refractivity contribution in [3.8, 4) is 28.7 Å². The smallest absolute Gasteiger partial charge is 0.475 e. The zero-order valence-electron chi connectivity index (χ0n) is 29.2. The van der Waals surface area contributed by atoms with Gasteiger partial charge in [0.15, 0.2) is 11.5 Å². The summed E-state index contributed by atoms with van der Waals surface area (Å²) in [4.78, 5) is 40.8. The Kier molecular flexibility index (Phi) is 14.8. The average Bonchev–Trinajstić information content (AvgIpc) is 3.06. The van der Waals surface area contributed by atoms with Gasteiger partial charge in [-0.2, -0.15) is 0 Å². The van der Waals surface area contributed by atoms with Crippen LogP contribution < -0.4 is 34.9 Å². The summed E-state index contributed by atoms with van der Waals surface area (Å²) in [5.74, 6) is -0.609. The van der Waals surface area contributed by atoms with Crippen molar-refractivity contribution < 1.29 is 43.4 Å². The topological polar surface area (TPSA) is 165 Å². The van der Waals surface area contributed by atoms with Gasteiger partial charge in [0.2, 0.25) is 23.5 Å². The second kappa shape index (κ2) is 18.7. The first-order chi connectivity index (χ1) is 23.4. The molecule has 0 unspecified atom stereocenters. The number of carbonyl (C=O) groups excluding carboxylic acids is 3. The maximum Gasteiger partial charge on any atom is 0.475 e. The number of hydrogen-bond donors (Lipinski definition) is 5. The van der Waals surface area contributed by atoms with Gasteiger partial charge in [-0.15, -0.1) is 0 Å². The average molecular weight is 678 g/mol. The van der Waals surface area contributed by atoms with Gasteiger partial charge in [-0.05, 0) is 54.2 Å². The summed E-state index contributed by atoms with van der Waals surface area (Å²) in [5.41, 5.74) is 1.21. The number of nitrogens with one attached hydrogen (secondary N) is 3. The molecule has 13 heteroatoms. The van der Waals surface area contributed by atoms with Crippen LogP contribution >= 0.6 is 0 Å². The maximum atomic E-state index is 14.0. The minimum Gasteiger partial charge on any atom is -0.493 e. The fraction of sp³-hybridized carbons (Fsp3) is 0.417. The quantitative estimate of drug-likeness (QED) is 0.127. The summed E-state index contributed by atoms with van der Waals surface area (Å²) in [6.45, 7) is 7.30. The molecule has 0 aliphatic heterocycles. The number of benzene rings is 3. The van der Waals surface area contributed by atoms with Crippen LogP contribution in [0, 0.1) is 11.8 Å². The van der Waals surface area contributed by atoms with E-state index in [1.54, 1.807) is 50.2 Å². The minimum absolute atomic E-state index is 0.0178. The first-order valence-corrected chi connectivity index (χ1v) is 16.2. The highest BCUT2D eigenvalue weighted by Crippen LogP contribution is 2.40. The van der Waals surface area contributed by atoms with Crippen molar-refractivity contribution in [2.75, 3.05) is 21.3 Å². The second-order valence-corrected chi connectivity index (χ2v) is 12.4. The van der Waals surface area contributed by atoms with Crippen molar-refractivity contribution >= 4 is 24.8 Å². The summed E-state index contributed by atoms with van der Waals surface area (Å²) >= 11 is 0. The molecule has 3 amide bonds. The van der Waals surface area contributed by atoms with Crippen molar-refractivity contribution in [1.82, 2.24) is 16.0 Å². The number of para-hydroxylation sites is 1. The molecule has 0 bridgehead atoms. The molecule has 12 nitrogen and oxygen atoms in total. The van der Waals surface area contributed by atoms with E-state index in [1.807, 2.05) is 44.2 Å². The Hall–Kier alpha value is -4.75. The molecule has 0 aliphatic carbocycles. The van der Waals surface area contributed by atoms with Crippen LogP contribution in [-0.2, 0) is 27.2 Å². The fourth-order valence-electron chi connectivity index (χ4n) is 5.35. The zero-order chi connectivity index (χ0) is 36.1. The van der Waals surface area contributed by atoms with Crippen LogP contribution in [0.3, 0.4) is 0 Å². The number of methoxy groups -OCH3 is 3. The maximum absolute atomic E-state index is 14.0. The van der Waals surface area contributed by atoms with Gasteiger partial charge in [-0.3, -0.25) is 14.4 Å². The Bertz CT molecular complexity index is 1540. The molecule has 0 spiro atoms. The van der Waals surface area contributed by atoms with Crippen molar-refractivity contribution in [3.05, 3.63) is 77.9 Å². The van der Waals surface area contributed by atoms with Gasteiger partial charge in [0.05, 0.1) is 33.7 Å². The first kappa shape index (κ1) is 38.7. The van der Waals surface area contributed by atoms with Crippen molar-refractivity contribution in [2.45, 2.75) is 65.0 Å². The molecule has 264 valence electrons. The van der Waals surface area contributed by atoms with E-state index in [4.69, 9.17) is 18.9 Å². The van der Waals surface area contributed by atoms with Crippen LogP contribution in [0.2, 0.25) is 0 Å². The third kappa shape index (κ3) is 11.4. The molecule has 5 N–H and O–H groups in total. The summed E-state index contributed by atoms with van der Waals surface area (Å²) in [5, 5.41) is 28.0. The molecule has 49 heavy (non-hydrogen) atoms. The molecule has 0 fully saturated rings. The van der Waals surface area contributed by atoms with E-state index in [1.165, 1.54) is 21.3 Å². The first-order valence-electron chi connectivity index (χ1n) is 16.2. The third-order valence-electron chi connectivity index (χ3n) is 7.76. The minimum atomic E-state index is -1.78. The van der Waals surface area contributed by atoms with Crippen molar-refractivity contribution in [3.63, 3.8) is 0 Å². The lowest BCUT2D eigenvalue weighted by Gasteiger charge is -2.28. The lowest BCUT2D eigenvalue weighted by Crippen LogP contribution is -2.59. The van der Waals surface area contributed by atoms with Crippen LogP contribution in [0.1, 0.15) is 45.2 Å². The fourth-order valence-corrected chi connectivity index (χ4v) is 5.35. The number of amides is 3. The van der Waals surface area contributed by atoms with Crippen LogP contribution in [0.4, 0.5) is 0 Å². The Morgan fingerprint density at radius 1 is 0.755 bits per heavy atom. The number of rotatable bonds is 18. The molecular formula is C36H48BN3O9. The summed E-state index contributed by atoms with van der Waals surface area (Å²) < 4.78 is 22.5. The Morgan fingerprint density at radius 2 is 1.43 bits per heavy atom. The largest absolute Gasteiger partial charge is 0.493 e. The summed E-state index contributed by atoms with van der Waals surface area (Å²) in [7, 11) is 2.64. The molecule has 3 aromatic carbocycles. The standard InChI is InChI=1S/C36H48BN3O9/c1-22(2)18-30(37(44)45)39-36(43)32(23(3)4)40-35(42)28(21-25-16-17-29(46-5)34(48-7)33(25)47-6)38-31(41)20-24-12-11-15-27(19-24)49-26-13-9-8-10-14-26/h8-17,19,22-23,28,30,32,44-45H,18,20-21H2,1-7H3,(H,38,41)(H,39,43)(H,40,42)/t28-,30+,32-/m0/s1. The number of hydrogen-bond acceptors (Lipinski definition) is 9. The van der Waals surface area contributed by atoms with Crippen molar-refractivity contribution in [2.24, 2.45) is 11.8 Å². The van der Waals surface area contributed by atoms with Gasteiger partial charge in [0.25, 0.3) is 0 Å². The molecule has 3 atom stereocenters. The SMILES string of the molecule is COc1ccc(C[C@H](NC(=O)Cc2cccc(Oc3ccccc3)c2)C(=O)N[C@H](C(=O)N[C@H](CC(C)C)B(O)O)C(C)C)c(OC)c1OC. The molecule has 3 rings (SSSR count). The number of carbonyl (C=O) groups is 3. The molecule has 0 heterocycles. The van der Waals surface area contributed by atoms with E-state index in [-0.39, 0.29) is 24.7 Å². The van der Waals surface area contributed by atoms with Gasteiger partial charge in [-0.1, -0.05) is 64.1 Å². The zero-order valence-corrected chi connectivity index (χ0v) is 29.2. The van der Waals surface area contributed by atoms with Gasteiger partial charge < -0.3 is 44.9 Å². The second-order valence-electron chi connectivity index (χ2n) is 12.4. The molecule has 3 aromatic rings. The lowest BCUT2D eigenvalue weighted by atomic mass is 9.75. The van der Waals surface area contributed by atoms with Gasteiger partial charge >= 0.3 is 7.12 Å². The van der Waals surface area contributed by atoms with Crippen LogP contribution in [0.25, 0.3) is 0 Å². The molecule has 0 saturated heterocycles. The van der Waals surface area contributed by atoms with Crippen LogP contribution in [0.5, 0.6) is 28.7 Å². The Labute approximate surface area is 288 Å². The van der Waals surface area contributed by atoms with Crippen molar-refractivity contribution in [1.29, 1.82) is 0 Å². The lowest BCUT2D eigenvalue weighted by molar-refractivity contribution is -0.132. The van der Waals surface area contributed by atoms with E-state index in [2.05, 4.69) is 16.0 Å². The monoisotopic (exact) mass is 677 g/mol. The molecule has 0 radical (unpaired) electrons. The molecule has 0 aromatic heterocycles. The normalized spacial score (nSPS) is 12.8. The van der Waals surface area contributed by atoms with E-state index in [0.29, 0.717) is 46.3 Å². The number of ether oxygens (including phenoxy) is 4. The highest BCUT2D eigenvalue weighted by molar-refractivity contribution is 6.43. The Morgan fingerprint density at radius 3 is 2.02 bits per heavy atom. The van der Waals surface area contributed by atoms with Crippen LogP contribution in [0.15, 0.2) is 66.7 Å². The highest BCUT2D eigenvalue weighted by Gasteiger charge is 2.33. The third-order valence-corrected chi connectivity index (χ3v) is 7.76. The van der Waals surface area contributed by atoms with Crippen LogP contribution in [-0.4, -0.2) is 74.2 Å². The van der Waals surface area contributed by atoms with E-state index < -0.39 is 42.9 Å². The predicted molar refractivity (Wildman–Crippen MR) is 187 cm³/mol. The molecule has 0 aliphatic rings. The summed E-state index contributed by atoms with van der Waals surface area (Å²) in [6, 6.07) is 17.5. The highest BCUT2D eigenvalue weighted by atomic mass is 16.5. The van der Waals surface area contributed by atoms with Gasteiger partial charge in [0.1, 0.15) is 23.6 Å². The Balaban J connectivity index is 1.88. The predicted octanol–water partition coefficient (Wildman–Crippen LogP) is 3.46. The molecule has 0 saturated carbocycles. The molecular weight excluding hydrogens is 629 g/mol. The van der Waals surface area contributed by atoms with Gasteiger partial charge in [0, 0.05) is 12.0 Å². The van der Waals surface area contributed by atoms with E-state index >= 15 is 0 Å². The van der Waals surface area contributed by atoms with Gasteiger partial charge in [-0.25, -0.2) is 0 Å². The van der Waals surface area contributed by atoms with E-state index in [0.717, 1.165) is 0 Å². The summed E-state index contributed by atoms with van der Waals surface area (Å²) in [6.07, 6.45) is 0.242. The van der Waals surface area contributed by atoms with E-state index in [9.17, 15) is 24.4 Å².